The standard InChI is InChI=1S/C22H28ClN2O5P/c1-16(2)14-18-4-3-13-29-31(28,25(18)15-22(26)24-27)21-11-9-20(10-12-21)30-19-7-5-17(23)6-8-19/h5-12,16,18,27H,3-4,13-15H2,1-2H3,(H,24,26). The summed E-state index contributed by atoms with van der Waals surface area (Å²) in [6, 6.07) is 13.7. The van der Waals surface area contributed by atoms with Crippen LogP contribution < -0.4 is 15.5 Å². The lowest BCUT2D eigenvalue weighted by molar-refractivity contribution is -0.129. The number of ether oxygens (including phenoxy) is 1. The van der Waals surface area contributed by atoms with Gasteiger partial charge in [-0.2, -0.15) is 0 Å². The molecule has 1 heterocycles. The maximum Gasteiger partial charge on any atom is 0.303 e. The molecule has 2 atom stereocenters. The minimum Gasteiger partial charge on any atom is -0.457 e. The van der Waals surface area contributed by atoms with Crippen molar-refractivity contribution in [2.45, 2.75) is 39.2 Å². The third-order valence-electron chi connectivity index (χ3n) is 5.09. The fourth-order valence-corrected chi connectivity index (χ4v) is 6.27. The van der Waals surface area contributed by atoms with E-state index in [0.29, 0.717) is 34.4 Å². The summed E-state index contributed by atoms with van der Waals surface area (Å²) >= 11 is 5.90. The largest absolute Gasteiger partial charge is 0.457 e. The second-order valence-electron chi connectivity index (χ2n) is 7.96. The van der Waals surface area contributed by atoms with Crippen molar-refractivity contribution in [2.24, 2.45) is 5.92 Å². The van der Waals surface area contributed by atoms with Crippen LogP contribution in [0, 0.1) is 5.92 Å². The number of nitrogens with one attached hydrogen (secondary N) is 1. The fourth-order valence-electron chi connectivity index (χ4n) is 3.70. The predicted molar refractivity (Wildman–Crippen MR) is 120 cm³/mol. The SMILES string of the molecule is CC(C)CC1CCCOP(=O)(c2ccc(Oc3ccc(Cl)cc3)cc2)N1CC(=O)NO. The van der Waals surface area contributed by atoms with Gasteiger partial charge in [0.15, 0.2) is 0 Å². The Balaban J connectivity index is 1.89. The van der Waals surface area contributed by atoms with Crippen LogP contribution in [0.5, 0.6) is 11.5 Å². The van der Waals surface area contributed by atoms with Crippen molar-refractivity contribution >= 4 is 30.3 Å². The number of hydrogen-bond donors (Lipinski definition) is 2. The quantitative estimate of drug-likeness (QED) is 0.340. The second-order valence-corrected chi connectivity index (χ2v) is 10.7. The molecular weight excluding hydrogens is 439 g/mol. The van der Waals surface area contributed by atoms with Gasteiger partial charge in [0.2, 0.25) is 0 Å². The maximum atomic E-state index is 14.1. The first-order valence-corrected chi connectivity index (χ1v) is 12.3. The first kappa shape index (κ1) is 23.8. The summed E-state index contributed by atoms with van der Waals surface area (Å²) in [5.74, 6) is 0.937. The number of halogens is 1. The Bertz CT molecular complexity index is 921. The van der Waals surface area contributed by atoms with E-state index in [4.69, 9.17) is 26.1 Å². The summed E-state index contributed by atoms with van der Waals surface area (Å²) in [7, 11) is -3.52. The van der Waals surface area contributed by atoms with Gasteiger partial charge in [-0.15, -0.1) is 0 Å². The lowest BCUT2D eigenvalue weighted by atomic mass is 10.00. The molecule has 31 heavy (non-hydrogen) atoms. The third-order valence-corrected chi connectivity index (χ3v) is 7.97. The van der Waals surface area contributed by atoms with E-state index in [1.165, 1.54) is 0 Å². The highest BCUT2D eigenvalue weighted by atomic mass is 35.5. The van der Waals surface area contributed by atoms with Gasteiger partial charge in [-0.25, -0.2) is 10.2 Å². The Morgan fingerprint density at radius 3 is 2.42 bits per heavy atom. The Kier molecular flexibility index (Phi) is 8.14. The minimum atomic E-state index is -3.52. The highest BCUT2D eigenvalue weighted by Gasteiger charge is 2.41. The van der Waals surface area contributed by atoms with Crippen LogP contribution in [0.15, 0.2) is 48.5 Å². The molecule has 0 bridgehead atoms. The van der Waals surface area contributed by atoms with Crippen molar-refractivity contribution in [3.63, 3.8) is 0 Å². The zero-order chi connectivity index (χ0) is 22.4. The van der Waals surface area contributed by atoms with Gasteiger partial charge in [0, 0.05) is 11.1 Å². The Morgan fingerprint density at radius 1 is 1.23 bits per heavy atom. The number of carbonyl (C=O) groups excluding carboxylic acids is 1. The number of amides is 1. The van der Waals surface area contributed by atoms with Crippen molar-refractivity contribution in [3.8, 4) is 11.5 Å². The van der Waals surface area contributed by atoms with Gasteiger partial charge in [-0.05, 0) is 73.7 Å². The summed E-state index contributed by atoms with van der Waals surface area (Å²) in [4.78, 5) is 12.0. The molecule has 0 radical (unpaired) electrons. The van der Waals surface area contributed by atoms with Crippen molar-refractivity contribution in [1.82, 2.24) is 10.2 Å². The van der Waals surface area contributed by atoms with E-state index in [9.17, 15) is 9.36 Å². The van der Waals surface area contributed by atoms with Crippen LogP contribution in [-0.4, -0.2) is 35.0 Å². The molecule has 1 aliphatic rings. The molecule has 2 N–H and O–H groups in total. The molecule has 3 rings (SSSR count). The molecule has 2 aromatic rings. The van der Waals surface area contributed by atoms with Crippen molar-refractivity contribution < 1.29 is 23.8 Å². The normalized spacial score (nSPS) is 22.2. The zero-order valence-corrected chi connectivity index (χ0v) is 19.3. The van der Waals surface area contributed by atoms with Gasteiger partial charge in [-0.1, -0.05) is 25.4 Å². The van der Waals surface area contributed by atoms with E-state index in [-0.39, 0.29) is 12.6 Å². The number of benzene rings is 2. The molecule has 1 fully saturated rings. The molecule has 0 saturated carbocycles. The van der Waals surface area contributed by atoms with Crippen molar-refractivity contribution in [3.05, 3.63) is 53.6 Å². The van der Waals surface area contributed by atoms with Gasteiger partial charge in [0.1, 0.15) is 11.5 Å². The monoisotopic (exact) mass is 466 g/mol. The lowest BCUT2D eigenvalue weighted by Gasteiger charge is -2.35. The average Bonchev–Trinajstić information content (AvgIpc) is 2.90. The van der Waals surface area contributed by atoms with Gasteiger partial charge in [0.25, 0.3) is 5.91 Å². The molecule has 2 aromatic carbocycles. The van der Waals surface area contributed by atoms with E-state index in [1.54, 1.807) is 58.7 Å². The third kappa shape index (κ3) is 6.09. The van der Waals surface area contributed by atoms with Crippen molar-refractivity contribution in [2.75, 3.05) is 13.2 Å². The Hall–Kier alpha value is -1.89. The number of nitrogens with zero attached hydrogens (tertiary/aromatic N) is 1. The minimum absolute atomic E-state index is 0.101. The molecule has 168 valence electrons. The van der Waals surface area contributed by atoms with Crippen LogP contribution in [0.4, 0.5) is 0 Å². The summed E-state index contributed by atoms with van der Waals surface area (Å²) < 4.78 is 27.4. The average molecular weight is 467 g/mol. The topological polar surface area (TPSA) is 88.1 Å². The summed E-state index contributed by atoms with van der Waals surface area (Å²) in [6.45, 7) is 4.30. The van der Waals surface area contributed by atoms with E-state index in [1.807, 2.05) is 0 Å². The van der Waals surface area contributed by atoms with E-state index in [2.05, 4.69) is 13.8 Å². The summed E-state index contributed by atoms with van der Waals surface area (Å²) in [5.41, 5.74) is 1.65. The van der Waals surface area contributed by atoms with Crippen molar-refractivity contribution in [1.29, 1.82) is 0 Å². The van der Waals surface area contributed by atoms with Gasteiger partial charge < -0.3 is 9.26 Å². The smallest absolute Gasteiger partial charge is 0.303 e. The maximum absolute atomic E-state index is 14.1. The molecule has 9 heteroatoms. The van der Waals surface area contributed by atoms with Gasteiger partial charge in [0.05, 0.1) is 18.5 Å². The summed E-state index contributed by atoms with van der Waals surface area (Å²) in [5, 5.41) is 10.2. The molecule has 0 aliphatic carbocycles. The Labute approximate surface area is 187 Å². The van der Waals surface area contributed by atoms with E-state index >= 15 is 0 Å². The molecule has 1 aliphatic heterocycles. The highest BCUT2D eigenvalue weighted by Crippen LogP contribution is 2.54. The molecule has 0 spiro atoms. The van der Waals surface area contributed by atoms with E-state index < -0.39 is 13.4 Å². The van der Waals surface area contributed by atoms with Crippen LogP contribution in [0.1, 0.15) is 33.1 Å². The fraction of sp³-hybridized carbons (Fsp3) is 0.409. The molecular formula is C22H28ClN2O5P. The van der Waals surface area contributed by atoms with Crippen LogP contribution in [0.2, 0.25) is 5.02 Å². The molecule has 2 unspecified atom stereocenters. The molecule has 1 saturated heterocycles. The number of carbonyl (C=O) groups is 1. The predicted octanol–water partition coefficient (Wildman–Crippen LogP) is 4.98. The van der Waals surface area contributed by atoms with Crippen LogP contribution in [0.3, 0.4) is 0 Å². The van der Waals surface area contributed by atoms with Crippen LogP contribution >= 0.6 is 19.1 Å². The number of rotatable bonds is 7. The van der Waals surface area contributed by atoms with E-state index in [0.717, 1.165) is 19.3 Å². The van der Waals surface area contributed by atoms with Crippen LogP contribution in [0.25, 0.3) is 0 Å². The second kappa shape index (κ2) is 10.6. The summed E-state index contributed by atoms with van der Waals surface area (Å²) in [6.07, 6.45) is 2.28. The first-order valence-electron chi connectivity index (χ1n) is 10.3. The zero-order valence-electron chi connectivity index (χ0n) is 17.7. The lowest BCUT2D eigenvalue weighted by Crippen LogP contribution is -2.42. The molecule has 7 nitrogen and oxygen atoms in total. The first-order chi connectivity index (χ1) is 14.8. The number of hydroxylamine groups is 1. The number of hydrogen-bond acceptors (Lipinski definition) is 5. The van der Waals surface area contributed by atoms with Gasteiger partial charge in [-0.3, -0.25) is 14.6 Å². The molecule has 1 amide bonds. The van der Waals surface area contributed by atoms with Gasteiger partial charge >= 0.3 is 7.52 Å². The Morgan fingerprint density at radius 2 is 1.84 bits per heavy atom. The highest BCUT2D eigenvalue weighted by molar-refractivity contribution is 7.64. The molecule has 0 aromatic heterocycles. The van der Waals surface area contributed by atoms with Crippen LogP contribution in [-0.2, 0) is 13.9 Å².